The van der Waals surface area contributed by atoms with Crippen LogP contribution in [-0.4, -0.2) is 58.9 Å². The fourth-order valence-corrected chi connectivity index (χ4v) is 4.10. The van der Waals surface area contributed by atoms with E-state index in [2.05, 4.69) is 0 Å². The van der Waals surface area contributed by atoms with E-state index < -0.39 is 17.3 Å². The molecule has 2 aliphatic rings. The number of piperidine rings is 2. The van der Waals surface area contributed by atoms with Crippen LogP contribution < -0.4 is 0 Å². The van der Waals surface area contributed by atoms with Crippen molar-refractivity contribution in [3.8, 4) is 0 Å². The summed E-state index contributed by atoms with van der Waals surface area (Å²) >= 11 is 0. The third-order valence-corrected chi connectivity index (χ3v) is 5.58. The quantitative estimate of drug-likeness (QED) is 0.899. The highest BCUT2D eigenvalue weighted by atomic mass is 16.4. The highest BCUT2D eigenvalue weighted by Gasteiger charge is 2.43. The van der Waals surface area contributed by atoms with E-state index in [4.69, 9.17) is 0 Å². The van der Waals surface area contributed by atoms with Crippen LogP contribution in [0, 0.1) is 11.3 Å². The number of hydrogen-bond donors (Lipinski definition) is 1. The van der Waals surface area contributed by atoms with Gasteiger partial charge in [0.2, 0.25) is 5.91 Å². The Bertz CT molecular complexity index is 690. The van der Waals surface area contributed by atoms with Gasteiger partial charge in [-0.25, -0.2) is 0 Å². The van der Waals surface area contributed by atoms with Crippen LogP contribution in [0.4, 0.5) is 0 Å². The van der Waals surface area contributed by atoms with Gasteiger partial charge in [-0.15, -0.1) is 0 Å². The molecule has 140 valence electrons. The molecule has 0 saturated carbocycles. The summed E-state index contributed by atoms with van der Waals surface area (Å²) in [5.74, 6) is -1.39. The highest BCUT2D eigenvalue weighted by molar-refractivity contribution is 5.95. The Morgan fingerprint density at radius 1 is 1.08 bits per heavy atom. The van der Waals surface area contributed by atoms with Crippen molar-refractivity contribution in [1.29, 1.82) is 0 Å². The standard InChI is InChI=1S/C20H26N2O4/c1-20(19(26)21-11-5-9-16(13-21)18(24)25)10-6-12-22(14-20)17(23)15-7-3-2-4-8-15/h2-4,7-8,16H,5-6,9-14H2,1H3,(H,24,25)/t16-,20?/m0/s1. The first-order valence-corrected chi connectivity index (χ1v) is 9.27. The molecule has 3 rings (SSSR count). The van der Waals surface area contributed by atoms with Gasteiger partial charge in [0.25, 0.3) is 5.91 Å². The van der Waals surface area contributed by atoms with E-state index >= 15 is 0 Å². The van der Waals surface area contributed by atoms with E-state index in [1.165, 1.54) is 0 Å². The van der Waals surface area contributed by atoms with Crippen molar-refractivity contribution in [2.24, 2.45) is 11.3 Å². The Morgan fingerprint density at radius 2 is 1.77 bits per heavy atom. The van der Waals surface area contributed by atoms with Crippen molar-refractivity contribution < 1.29 is 19.5 Å². The lowest BCUT2D eigenvalue weighted by molar-refractivity contribution is -0.150. The number of benzene rings is 1. The molecule has 2 fully saturated rings. The molecule has 2 saturated heterocycles. The average Bonchev–Trinajstić information content (AvgIpc) is 2.67. The molecule has 0 radical (unpaired) electrons. The fourth-order valence-electron chi connectivity index (χ4n) is 4.10. The number of nitrogens with zero attached hydrogens (tertiary/aromatic N) is 2. The van der Waals surface area contributed by atoms with Gasteiger partial charge in [0.15, 0.2) is 0 Å². The first-order valence-electron chi connectivity index (χ1n) is 9.27. The summed E-state index contributed by atoms with van der Waals surface area (Å²) in [5.41, 5.74) is -0.0172. The molecule has 2 heterocycles. The van der Waals surface area contributed by atoms with Crippen LogP contribution in [0.2, 0.25) is 0 Å². The summed E-state index contributed by atoms with van der Waals surface area (Å²) in [6.45, 7) is 3.81. The van der Waals surface area contributed by atoms with Crippen LogP contribution in [-0.2, 0) is 9.59 Å². The van der Waals surface area contributed by atoms with E-state index in [1.807, 2.05) is 25.1 Å². The maximum Gasteiger partial charge on any atom is 0.308 e. The van der Waals surface area contributed by atoms with Crippen molar-refractivity contribution in [1.82, 2.24) is 9.80 Å². The minimum absolute atomic E-state index is 0.0194. The number of rotatable bonds is 3. The number of carboxylic acid groups (broad SMARTS) is 1. The topological polar surface area (TPSA) is 77.9 Å². The second-order valence-corrected chi connectivity index (χ2v) is 7.69. The van der Waals surface area contributed by atoms with Gasteiger partial charge in [-0.1, -0.05) is 18.2 Å². The maximum absolute atomic E-state index is 13.1. The van der Waals surface area contributed by atoms with Gasteiger partial charge in [-0.3, -0.25) is 14.4 Å². The zero-order chi connectivity index (χ0) is 18.7. The molecule has 1 unspecified atom stereocenters. The van der Waals surface area contributed by atoms with Crippen LogP contribution in [0.25, 0.3) is 0 Å². The van der Waals surface area contributed by atoms with Gasteiger partial charge in [-0.05, 0) is 44.7 Å². The summed E-state index contributed by atoms with van der Waals surface area (Å²) < 4.78 is 0. The molecule has 1 aromatic rings. The molecule has 1 aromatic carbocycles. The number of amides is 2. The molecule has 26 heavy (non-hydrogen) atoms. The SMILES string of the molecule is CC1(C(=O)N2CCC[C@H](C(=O)O)C2)CCCN(C(=O)c2ccccc2)C1. The largest absolute Gasteiger partial charge is 0.481 e. The summed E-state index contributed by atoms with van der Waals surface area (Å²) in [6, 6.07) is 9.12. The minimum Gasteiger partial charge on any atom is -0.481 e. The Hall–Kier alpha value is -2.37. The van der Waals surface area contributed by atoms with Crippen molar-refractivity contribution in [3.63, 3.8) is 0 Å². The molecule has 0 bridgehead atoms. The maximum atomic E-state index is 13.1. The minimum atomic E-state index is -0.836. The second kappa shape index (κ2) is 7.48. The van der Waals surface area contributed by atoms with Crippen LogP contribution in [0.3, 0.4) is 0 Å². The Morgan fingerprint density at radius 3 is 2.46 bits per heavy atom. The first kappa shape index (κ1) is 18.4. The zero-order valence-electron chi connectivity index (χ0n) is 15.2. The van der Waals surface area contributed by atoms with Crippen LogP contribution in [0.5, 0.6) is 0 Å². The predicted molar refractivity (Wildman–Crippen MR) is 96.6 cm³/mol. The molecular formula is C20H26N2O4. The summed E-state index contributed by atoms with van der Waals surface area (Å²) in [4.78, 5) is 40.6. The van der Waals surface area contributed by atoms with Gasteiger partial charge in [0.1, 0.15) is 0 Å². The molecule has 1 N–H and O–H groups in total. The fraction of sp³-hybridized carbons (Fsp3) is 0.550. The molecule has 2 atom stereocenters. The van der Waals surface area contributed by atoms with Gasteiger partial charge >= 0.3 is 5.97 Å². The number of hydrogen-bond acceptors (Lipinski definition) is 3. The van der Waals surface area contributed by atoms with Gasteiger partial charge < -0.3 is 14.9 Å². The lowest BCUT2D eigenvalue weighted by atomic mass is 9.79. The molecule has 0 spiro atoms. The third kappa shape index (κ3) is 3.74. The Labute approximate surface area is 153 Å². The molecular weight excluding hydrogens is 332 g/mol. The van der Waals surface area contributed by atoms with E-state index in [1.54, 1.807) is 21.9 Å². The lowest BCUT2D eigenvalue weighted by Gasteiger charge is -2.43. The van der Waals surface area contributed by atoms with Crippen molar-refractivity contribution in [2.45, 2.75) is 32.6 Å². The summed E-state index contributed by atoms with van der Waals surface area (Å²) in [5, 5.41) is 9.26. The summed E-state index contributed by atoms with van der Waals surface area (Å²) in [6.07, 6.45) is 2.83. The second-order valence-electron chi connectivity index (χ2n) is 7.69. The van der Waals surface area contributed by atoms with E-state index in [0.29, 0.717) is 38.0 Å². The average molecular weight is 358 g/mol. The lowest BCUT2D eigenvalue weighted by Crippen LogP contribution is -2.55. The first-order chi connectivity index (χ1) is 12.4. The van der Waals surface area contributed by atoms with Crippen LogP contribution >= 0.6 is 0 Å². The van der Waals surface area contributed by atoms with Gasteiger partial charge in [0, 0.05) is 31.7 Å². The highest BCUT2D eigenvalue weighted by Crippen LogP contribution is 2.34. The van der Waals surface area contributed by atoms with Gasteiger partial charge in [-0.2, -0.15) is 0 Å². The van der Waals surface area contributed by atoms with Crippen molar-refractivity contribution in [3.05, 3.63) is 35.9 Å². The Balaban J connectivity index is 1.71. The third-order valence-electron chi connectivity index (χ3n) is 5.58. The van der Waals surface area contributed by atoms with Crippen molar-refractivity contribution >= 4 is 17.8 Å². The summed E-state index contributed by atoms with van der Waals surface area (Å²) in [7, 11) is 0. The molecule has 6 heteroatoms. The van der Waals surface area contributed by atoms with E-state index in [9.17, 15) is 19.5 Å². The number of aliphatic carboxylic acids is 1. The van der Waals surface area contributed by atoms with Gasteiger partial charge in [0.05, 0.1) is 11.3 Å². The monoisotopic (exact) mass is 358 g/mol. The molecule has 2 amide bonds. The number of carbonyl (C=O) groups is 3. The predicted octanol–water partition coefficient (Wildman–Crippen LogP) is 2.25. The number of likely N-dealkylation sites (tertiary alicyclic amines) is 2. The Kier molecular flexibility index (Phi) is 5.30. The number of carboxylic acids is 1. The normalized spacial score (nSPS) is 26.4. The van der Waals surface area contributed by atoms with Crippen LogP contribution in [0.1, 0.15) is 43.0 Å². The molecule has 0 aromatic heterocycles. The van der Waals surface area contributed by atoms with E-state index in [0.717, 1.165) is 12.8 Å². The zero-order valence-corrected chi connectivity index (χ0v) is 15.2. The van der Waals surface area contributed by atoms with Crippen molar-refractivity contribution in [2.75, 3.05) is 26.2 Å². The smallest absolute Gasteiger partial charge is 0.308 e. The molecule has 0 aliphatic carbocycles. The molecule has 2 aliphatic heterocycles. The van der Waals surface area contributed by atoms with E-state index in [-0.39, 0.29) is 18.4 Å². The molecule has 6 nitrogen and oxygen atoms in total. The number of carbonyl (C=O) groups excluding carboxylic acids is 2. The van der Waals surface area contributed by atoms with Crippen LogP contribution in [0.15, 0.2) is 30.3 Å².